The predicted octanol–water partition coefficient (Wildman–Crippen LogP) is 10.7. The van der Waals surface area contributed by atoms with E-state index < -0.39 is 17.7 Å². The number of hydrogen-bond donors (Lipinski definition) is 5. The first-order valence-electron chi connectivity index (χ1n) is 23.6. The highest BCUT2D eigenvalue weighted by molar-refractivity contribution is 6.24. The van der Waals surface area contributed by atoms with Crippen molar-refractivity contribution in [2.75, 3.05) is 6.61 Å². The van der Waals surface area contributed by atoms with Gasteiger partial charge in [0.1, 0.15) is 12.5 Å². The number of rotatable bonds is 19. The van der Waals surface area contributed by atoms with E-state index in [1.807, 2.05) is 19.1 Å². The molecule has 2 aliphatic heterocycles. The Morgan fingerprint density at radius 2 is 1.40 bits per heavy atom. The van der Waals surface area contributed by atoms with E-state index in [0.717, 1.165) is 92.7 Å². The van der Waals surface area contributed by atoms with Gasteiger partial charge < -0.3 is 30.1 Å². The van der Waals surface area contributed by atoms with Crippen molar-refractivity contribution in [1.29, 1.82) is 0 Å². The summed E-state index contributed by atoms with van der Waals surface area (Å²) >= 11 is 0. The van der Waals surface area contributed by atoms with Crippen LogP contribution in [-0.4, -0.2) is 44.4 Å². The molecule has 9 heteroatoms. The van der Waals surface area contributed by atoms with E-state index in [1.54, 1.807) is 0 Å². The van der Waals surface area contributed by atoms with Crippen molar-refractivity contribution in [1.82, 2.24) is 20.3 Å². The van der Waals surface area contributed by atoms with Crippen molar-refractivity contribution in [3.8, 4) is 0 Å². The van der Waals surface area contributed by atoms with Gasteiger partial charge >= 0.3 is 11.9 Å². The molecule has 0 amide bonds. The van der Waals surface area contributed by atoms with Crippen molar-refractivity contribution >= 4 is 41.5 Å². The normalized spacial score (nSPS) is 22.5. The highest BCUT2D eigenvalue weighted by Crippen LogP contribution is 2.48. The van der Waals surface area contributed by atoms with Crippen LogP contribution in [0.2, 0.25) is 0 Å². The summed E-state index contributed by atoms with van der Waals surface area (Å²) in [6.45, 7) is 24.3. The van der Waals surface area contributed by atoms with Gasteiger partial charge in [0.15, 0.2) is 5.78 Å². The number of aromatic nitrogens is 3. The molecule has 62 heavy (non-hydrogen) atoms. The van der Waals surface area contributed by atoms with Gasteiger partial charge in [-0.15, -0.1) is 0 Å². The molecule has 0 spiro atoms. The highest BCUT2D eigenvalue weighted by Gasteiger charge is 2.48. The van der Waals surface area contributed by atoms with Gasteiger partial charge in [0.2, 0.25) is 0 Å². The quantitative estimate of drug-likeness (QED) is 0.0462. The SMILES string of the molecule is CCc1c(C)/c2[nH]/c1=C\c1[nH]c3c(c1C)C(=O)[C@H](C(=O)O)/C3=C1/N/C(=C\c3[nH]c(c(C)c3C)\C=2)[C@@H](C)[C@@H]1CCC(=O)OC/C=C(\C)CCC[C@@H](C)CCC[C@H](C)CCCC(C)C. The fourth-order valence-corrected chi connectivity index (χ4v) is 10.2. The molecule has 9 nitrogen and oxygen atoms in total. The molecular formula is C53H74N4O5. The Bertz CT molecular complexity index is 2380. The van der Waals surface area contributed by atoms with Crippen LogP contribution in [0.5, 0.6) is 0 Å². The standard InChI is InChI=1S/C53H74N4O5/c1-12-38-35(9)42-26-40-33(7)34(8)41(54-40)27-43-36(10)39(50(56-43)48-49(53(60)61)52(59)47-37(11)44(57-51(47)48)28-45(38)55-42)22-23-46(58)62-25-24-32(6)21-15-20-31(5)19-14-18-30(4)17-13-16-29(2)3/h24,26-31,36,39,49,54-57H,12-23,25H2,1-11H3,(H,60,61)/b32-24+,42-26-,43-27-,45-28-,50-48-/t30-,31+,36+,39+,49-/m1/s1. The molecule has 1 saturated heterocycles. The van der Waals surface area contributed by atoms with E-state index in [-0.39, 0.29) is 30.8 Å². The summed E-state index contributed by atoms with van der Waals surface area (Å²) in [5, 5.41) is 16.2. The lowest BCUT2D eigenvalue weighted by molar-refractivity contribution is -0.143. The molecule has 3 aromatic rings. The summed E-state index contributed by atoms with van der Waals surface area (Å²) in [5.74, 6) is -1.28. The molecule has 1 fully saturated rings. The molecule has 5 atom stereocenters. The smallest absolute Gasteiger partial charge is 0.319 e. The van der Waals surface area contributed by atoms with Crippen molar-refractivity contribution in [3.05, 3.63) is 89.9 Å². The first-order valence-corrected chi connectivity index (χ1v) is 23.6. The lowest BCUT2D eigenvalue weighted by Gasteiger charge is -2.19. The molecule has 3 aromatic heterocycles. The Hall–Kier alpha value is -4.79. The molecule has 3 aliphatic rings. The Morgan fingerprint density at radius 1 is 0.790 bits per heavy atom. The predicted molar refractivity (Wildman–Crippen MR) is 252 cm³/mol. The molecule has 0 radical (unpaired) electrons. The van der Waals surface area contributed by atoms with Crippen LogP contribution in [0.25, 0.3) is 23.8 Å². The van der Waals surface area contributed by atoms with Gasteiger partial charge in [-0.3, -0.25) is 14.4 Å². The zero-order chi connectivity index (χ0) is 45.0. The van der Waals surface area contributed by atoms with Gasteiger partial charge in [-0.25, -0.2) is 0 Å². The van der Waals surface area contributed by atoms with Crippen LogP contribution in [0, 0.1) is 63.2 Å². The Morgan fingerprint density at radius 3 is 2.05 bits per heavy atom. The second-order valence-corrected chi connectivity index (χ2v) is 19.5. The van der Waals surface area contributed by atoms with Crippen LogP contribution in [0.1, 0.15) is 180 Å². The number of carbonyl (C=O) groups is 3. The Balaban J connectivity index is 1.18. The van der Waals surface area contributed by atoms with E-state index in [9.17, 15) is 19.5 Å². The van der Waals surface area contributed by atoms with Crippen molar-refractivity contribution in [2.45, 2.75) is 153 Å². The number of ketones is 1. The van der Waals surface area contributed by atoms with Crippen LogP contribution in [0.15, 0.2) is 23.0 Å². The van der Waals surface area contributed by atoms with Gasteiger partial charge in [0.05, 0.1) is 5.69 Å². The Kier molecular flexibility index (Phi) is 15.2. The molecule has 1 aliphatic carbocycles. The minimum absolute atomic E-state index is 0.102. The summed E-state index contributed by atoms with van der Waals surface area (Å²) in [6.07, 6.45) is 21.1. The lowest BCUT2D eigenvalue weighted by Crippen LogP contribution is -2.24. The number of carboxylic acids is 1. The maximum absolute atomic E-state index is 14.1. The van der Waals surface area contributed by atoms with Crippen molar-refractivity contribution < 1.29 is 24.2 Å². The number of ether oxygens (including phenoxy) is 1. The maximum Gasteiger partial charge on any atom is 0.319 e. The minimum Gasteiger partial charge on any atom is -0.480 e. The third-order valence-electron chi connectivity index (χ3n) is 14.4. The third kappa shape index (κ3) is 10.2. The number of aromatic amines is 3. The average Bonchev–Trinajstić information content (AvgIpc) is 3.95. The average molecular weight is 847 g/mol. The maximum atomic E-state index is 14.1. The number of fused-ring (bicyclic) bond motifs is 7. The number of Topliss-reactive ketones (excluding diaryl/α,β-unsaturated/α-hetero) is 1. The molecule has 0 saturated carbocycles. The van der Waals surface area contributed by atoms with E-state index >= 15 is 0 Å². The van der Waals surface area contributed by atoms with Crippen LogP contribution in [0.4, 0.5) is 0 Å². The molecule has 0 unspecified atom stereocenters. The van der Waals surface area contributed by atoms with E-state index in [1.165, 1.54) is 56.1 Å². The van der Waals surface area contributed by atoms with Gasteiger partial charge in [0.25, 0.3) is 0 Å². The van der Waals surface area contributed by atoms with Gasteiger partial charge in [0, 0.05) is 68.6 Å². The number of aliphatic carboxylic acids is 1. The van der Waals surface area contributed by atoms with E-state index in [4.69, 9.17) is 4.74 Å². The number of carboxylic acid groups (broad SMARTS) is 1. The topological polar surface area (TPSA) is 140 Å². The van der Waals surface area contributed by atoms with E-state index in [0.29, 0.717) is 28.9 Å². The highest BCUT2D eigenvalue weighted by atomic mass is 16.5. The van der Waals surface area contributed by atoms with Crippen LogP contribution < -0.4 is 16.0 Å². The molecule has 8 bridgehead atoms. The second kappa shape index (κ2) is 20.2. The number of esters is 1. The van der Waals surface area contributed by atoms with Crippen molar-refractivity contribution in [3.63, 3.8) is 0 Å². The van der Waals surface area contributed by atoms with Crippen molar-refractivity contribution in [2.24, 2.45) is 35.5 Å². The van der Waals surface area contributed by atoms with Gasteiger partial charge in [-0.05, 0) is 130 Å². The fraction of sp³-hybridized carbons (Fsp3) is 0.566. The third-order valence-corrected chi connectivity index (χ3v) is 14.4. The largest absolute Gasteiger partial charge is 0.480 e. The first-order chi connectivity index (χ1) is 29.5. The summed E-state index contributed by atoms with van der Waals surface area (Å²) < 4.78 is 5.77. The fourth-order valence-electron chi connectivity index (χ4n) is 10.2. The number of carbonyl (C=O) groups excluding carboxylic acids is 2. The van der Waals surface area contributed by atoms with Gasteiger partial charge in [-0.1, -0.05) is 92.1 Å². The van der Waals surface area contributed by atoms with E-state index in [2.05, 4.69) is 102 Å². The number of nitrogens with one attached hydrogen (secondary N) is 4. The molecule has 5 heterocycles. The number of H-pyrrole nitrogens is 3. The minimum atomic E-state index is -1.36. The first kappa shape index (κ1) is 46.7. The van der Waals surface area contributed by atoms with Crippen LogP contribution in [-0.2, 0) is 20.7 Å². The molecule has 336 valence electrons. The summed E-state index contributed by atoms with van der Waals surface area (Å²) in [7, 11) is 0. The van der Waals surface area contributed by atoms with Crippen LogP contribution in [0.3, 0.4) is 0 Å². The molecule has 5 N–H and O–H groups in total. The zero-order valence-corrected chi connectivity index (χ0v) is 39.5. The number of hydrogen-bond acceptors (Lipinski definition) is 5. The molecule has 0 aromatic carbocycles. The molecular weight excluding hydrogens is 773 g/mol. The van der Waals surface area contributed by atoms with Crippen LogP contribution >= 0.6 is 0 Å². The molecule has 6 rings (SSSR count). The Labute approximate surface area is 370 Å². The summed E-state index contributed by atoms with van der Waals surface area (Å²) in [5.41, 5.74) is 12.3. The summed E-state index contributed by atoms with van der Waals surface area (Å²) in [4.78, 5) is 51.3. The lowest BCUT2D eigenvalue weighted by atomic mass is 9.85. The monoisotopic (exact) mass is 847 g/mol. The zero-order valence-electron chi connectivity index (χ0n) is 39.5. The summed E-state index contributed by atoms with van der Waals surface area (Å²) in [6, 6.07) is 0. The van der Waals surface area contributed by atoms with Gasteiger partial charge in [-0.2, -0.15) is 0 Å². The second-order valence-electron chi connectivity index (χ2n) is 19.5. The number of allylic oxidation sites excluding steroid dienone is 3.